The Kier molecular flexibility index (Phi) is 3.98. The van der Waals surface area contributed by atoms with E-state index in [-0.39, 0.29) is 12.1 Å². The molecule has 80 valence electrons. The van der Waals surface area contributed by atoms with Gasteiger partial charge in [-0.3, -0.25) is 0 Å². The first kappa shape index (κ1) is 11.1. The van der Waals surface area contributed by atoms with Crippen LogP contribution in [0.15, 0.2) is 11.3 Å². The monoisotopic (exact) mass is 198 g/mol. The first-order valence-electron chi connectivity index (χ1n) is 5.22. The fourth-order valence-electron chi connectivity index (χ4n) is 1.53. The van der Waals surface area contributed by atoms with Crippen LogP contribution in [0.5, 0.6) is 0 Å². The minimum Gasteiger partial charge on any atom is -0.494 e. The van der Waals surface area contributed by atoms with E-state index < -0.39 is 0 Å². The van der Waals surface area contributed by atoms with Gasteiger partial charge in [0, 0.05) is 6.42 Å². The maximum Gasteiger partial charge on any atom is 0.337 e. The van der Waals surface area contributed by atoms with E-state index in [1.54, 1.807) is 13.8 Å². The molecule has 1 heterocycles. The minimum atomic E-state index is -0.251. The average molecular weight is 198 g/mol. The van der Waals surface area contributed by atoms with E-state index in [0.717, 1.165) is 25.0 Å². The summed E-state index contributed by atoms with van der Waals surface area (Å²) in [7, 11) is 0. The highest BCUT2D eigenvalue weighted by Gasteiger charge is 2.23. The molecule has 1 aliphatic rings. The molecule has 0 spiro atoms. The lowest BCUT2D eigenvalue weighted by Crippen LogP contribution is -2.08. The van der Waals surface area contributed by atoms with Gasteiger partial charge in [-0.2, -0.15) is 0 Å². The third-order valence-corrected chi connectivity index (χ3v) is 2.46. The first-order valence-corrected chi connectivity index (χ1v) is 5.22. The van der Waals surface area contributed by atoms with Crippen molar-refractivity contribution in [2.45, 2.75) is 46.1 Å². The molecule has 1 rings (SSSR count). The molecule has 0 aromatic rings. The van der Waals surface area contributed by atoms with Crippen molar-refractivity contribution in [2.75, 3.05) is 6.61 Å². The standard InChI is InChI=1S/C11H18O3/c1-4-9-6-7-10(14-9)8(3)11(12)13-5-2/h9H,4-7H2,1-3H3/b10-8-/t9-/m0/s1. The van der Waals surface area contributed by atoms with Crippen molar-refractivity contribution in [2.24, 2.45) is 0 Å². The fourth-order valence-corrected chi connectivity index (χ4v) is 1.53. The van der Waals surface area contributed by atoms with Crippen LogP contribution in [0.4, 0.5) is 0 Å². The molecule has 1 fully saturated rings. The molecule has 1 aliphatic heterocycles. The molecular weight excluding hydrogens is 180 g/mol. The lowest BCUT2D eigenvalue weighted by Gasteiger charge is -2.09. The van der Waals surface area contributed by atoms with Crippen LogP contribution in [0.2, 0.25) is 0 Å². The first-order chi connectivity index (χ1) is 6.69. The largest absolute Gasteiger partial charge is 0.494 e. The summed E-state index contributed by atoms with van der Waals surface area (Å²) in [5.41, 5.74) is 0.628. The Bertz CT molecular complexity index is 243. The van der Waals surface area contributed by atoms with Crippen LogP contribution in [-0.4, -0.2) is 18.7 Å². The molecule has 1 saturated heterocycles. The van der Waals surface area contributed by atoms with Gasteiger partial charge in [-0.25, -0.2) is 4.79 Å². The summed E-state index contributed by atoms with van der Waals surface area (Å²) in [6.45, 7) is 6.08. The van der Waals surface area contributed by atoms with E-state index in [4.69, 9.17) is 9.47 Å². The zero-order valence-corrected chi connectivity index (χ0v) is 9.13. The van der Waals surface area contributed by atoms with Gasteiger partial charge in [0.15, 0.2) is 0 Å². The maximum absolute atomic E-state index is 11.4. The molecule has 0 aromatic heterocycles. The van der Waals surface area contributed by atoms with Crippen molar-refractivity contribution < 1.29 is 14.3 Å². The Hall–Kier alpha value is -0.990. The van der Waals surface area contributed by atoms with Crippen LogP contribution in [0, 0.1) is 0 Å². The van der Waals surface area contributed by atoms with E-state index in [1.165, 1.54) is 0 Å². The molecule has 0 aromatic carbocycles. The van der Waals surface area contributed by atoms with Crippen LogP contribution in [-0.2, 0) is 14.3 Å². The molecule has 0 saturated carbocycles. The van der Waals surface area contributed by atoms with Gasteiger partial charge in [-0.15, -0.1) is 0 Å². The van der Waals surface area contributed by atoms with Crippen LogP contribution in [0.1, 0.15) is 40.0 Å². The molecule has 0 N–H and O–H groups in total. The molecule has 3 heteroatoms. The van der Waals surface area contributed by atoms with Gasteiger partial charge in [0.1, 0.15) is 5.76 Å². The Balaban J connectivity index is 2.61. The Morgan fingerprint density at radius 2 is 2.29 bits per heavy atom. The molecule has 0 radical (unpaired) electrons. The summed E-state index contributed by atoms with van der Waals surface area (Å²) in [6, 6.07) is 0. The van der Waals surface area contributed by atoms with Crippen molar-refractivity contribution in [1.29, 1.82) is 0 Å². The predicted octanol–water partition coefficient (Wildman–Crippen LogP) is 2.41. The Labute approximate surface area is 85.1 Å². The SMILES string of the molecule is CCOC(=O)/C(C)=C1/CC[C@H](CC)O1. The van der Waals surface area contributed by atoms with Crippen LogP contribution in [0.3, 0.4) is 0 Å². The van der Waals surface area contributed by atoms with Crippen LogP contribution >= 0.6 is 0 Å². The van der Waals surface area contributed by atoms with Crippen LogP contribution < -0.4 is 0 Å². The zero-order valence-electron chi connectivity index (χ0n) is 9.13. The second-order valence-electron chi connectivity index (χ2n) is 3.46. The van der Waals surface area contributed by atoms with E-state index in [2.05, 4.69) is 6.92 Å². The van der Waals surface area contributed by atoms with Gasteiger partial charge in [0.2, 0.25) is 0 Å². The molecule has 0 bridgehead atoms. The molecule has 14 heavy (non-hydrogen) atoms. The molecule has 1 atom stereocenters. The van der Waals surface area contributed by atoms with Gasteiger partial charge in [0.05, 0.1) is 18.3 Å². The summed E-state index contributed by atoms with van der Waals surface area (Å²) >= 11 is 0. The lowest BCUT2D eigenvalue weighted by molar-refractivity contribution is -0.138. The maximum atomic E-state index is 11.4. The normalized spacial score (nSPS) is 24.4. The van der Waals surface area contributed by atoms with E-state index in [0.29, 0.717) is 12.2 Å². The molecular formula is C11H18O3. The Morgan fingerprint density at radius 3 is 2.79 bits per heavy atom. The molecule has 0 amide bonds. The second-order valence-corrected chi connectivity index (χ2v) is 3.46. The fraction of sp³-hybridized carbons (Fsp3) is 0.727. The summed E-state index contributed by atoms with van der Waals surface area (Å²) in [6.07, 6.45) is 3.17. The highest BCUT2D eigenvalue weighted by Crippen LogP contribution is 2.27. The van der Waals surface area contributed by atoms with Gasteiger partial charge in [-0.1, -0.05) is 6.92 Å². The number of carbonyl (C=O) groups excluding carboxylic acids is 1. The van der Waals surface area contributed by atoms with E-state index in [1.807, 2.05) is 0 Å². The minimum absolute atomic E-state index is 0.251. The molecule has 3 nitrogen and oxygen atoms in total. The molecule has 0 unspecified atom stereocenters. The van der Waals surface area contributed by atoms with Crippen molar-refractivity contribution in [3.8, 4) is 0 Å². The summed E-state index contributed by atoms with van der Waals surface area (Å²) in [4.78, 5) is 11.4. The second kappa shape index (κ2) is 5.03. The zero-order chi connectivity index (χ0) is 10.6. The van der Waals surface area contributed by atoms with Gasteiger partial charge in [-0.05, 0) is 26.7 Å². The molecule has 0 aliphatic carbocycles. The lowest BCUT2D eigenvalue weighted by atomic mass is 10.1. The number of esters is 1. The van der Waals surface area contributed by atoms with Gasteiger partial charge in [0.25, 0.3) is 0 Å². The topological polar surface area (TPSA) is 35.5 Å². The number of hydrogen-bond donors (Lipinski definition) is 0. The number of ether oxygens (including phenoxy) is 2. The van der Waals surface area contributed by atoms with Crippen molar-refractivity contribution >= 4 is 5.97 Å². The summed E-state index contributed by atoms with van der Waals surface area (Å²) < 4.78 is 10.5. The van der Waals surface area contributed by atoms with Crippen molar-refractivity contribution in [3.05, 3.63) is 11.3 Å². The van der Waals surface area contributed by atoms with Crippen LogP contribution in [0.25, 0.3) is 0 Å². The third kappa shape index (κ3) is 2.50. The smallest absolute Gasteiger partial charge is 0.337 e. The highest BCUT2D eigenvalue weighted by atomic mass is 16.5. The number of allylic oxidation sites excluding steroid dienone is 1. The number of hydrogen-bond acceptors (Lipinski definition) is 3. The Morgan fingerprint density at radius 1 is 1.57 bits per heavy atom. The third-order valence-electron chi connectivity index (χ3n) is 2.46. The quantitative estimate of drug-likeness (QED) is 0.516. The number of carbonyl (C=O) groups is 1. The highest BCUT2D eigenvalue weighted by molar-refractivity contribution is 5.88. The van der Waals surface area contributed by atoms with Gasteiger partial charge >= 0.3 is 5.97 Å². The summed E-state index contributed by atoms with van der Waals surface area (Å²) in [5, 5.41) is 0. The predicted molar refractivity (Wildman–Crippen MR) is 53.7 cm³/mol. The van der Waals surface area contributed by atoms with Crippen molar-refractivity contribution in [1.82, 2.24) is 0 Å². The number of rotatable bonds is 3. The van der Waals surface area contributed by atoms with Gasteiger partial charge < -0.3 is 9.47 Å². The van der Waals surface area contributed by atoms with E-state index >= 15 is 0 Å². The summed E-state index contributed by atoms with van der Waals surface area (Å²) in [5.74, 6) is 0.564. The van der Waals surface area contributed by atoms with Crippen molar-refractivity contribution in [3.63, 3.8) is 0 Å². The average Bonchev–Trinajstić information content (AvgIpc) is 2.65. The van der Waals surface area contributed by atoms with E-state index in [9.17, 15) is 4.79 Å².